The van der Waals surface area contributed by atoms with Gasteiger partial charge in [-0.15, -0.1) is 0 Å². The number of piperazine rings is 1. The van der Waals surface area contributed by atoms with Gasteiger partial charge >= 0.3 is 0 Å². The molecule has 1 aliphatic rings. The Hall–Kier alpha value is -1.76. The van der Waals surface area contributed by atoms with E-state index in [0.29, 0.717) is 5.95 Å². The third-order valence-electron chi connectivity index (χ3n) is 3.78. The van der Waals surface area contributed by atoms with Crippen molar-refractivity contribution in [1.82, 2.24) is 24.3 Å². The van der Waals surface area contributed by atoms with Crippen LogP contribution in [0.1, 0.15) is 12.6 Å². The molecule has 3 rings (SSSR count). The zero-order valence-electron chi connectivity index (χ0n) is 11.8. The molecular weight excluding hydrogens is 242 g/mol. The van der Waals surface area contributed by atoms with Crippen LogP contribution >= 0.6 is 0 Å². The lowest BCUT2D eigenvalue weighted by molar-refractivity contribution is 0.289. The van der Waals surface area contributed by atoms with Crippen LogP contribution in [0.25, 0.3) is 11.2 Å². The average Bonchev–Trinajstić information content (AvgIpc) is 2.88. The van der Waals surface area contributed by atoms with Crippen LogP contribution in [-0.4, -0.2) is 57.6 Å². The summed E-state index contributed by atoms with van der Waals surface area (Å²) in [5.74, 6) is 0.558. The number of nitrogen functional groups attached to an aromatic ring is 1. The van der Waals surface area contributed by atoms with Crippen molar-refractivity contribution < 1.29 is 0 Å². The topological polar surface area (TPSA) is 68.1 Å². The third kappa shape index (κ3) is 1.85. The summed E-state index contributed by atoms with van der Waals surface area (Å²) in [6, 6.07) is 0. The second-order valence-electron chi connectivity index (χ2n) is 5.11. The molecular formula is C12H21N7. The summed E-state index contributed by atoms with van der Waals surface area (Å²) < 4.78 is 4.01. The van der Waals surface area contributed by atoms with Crippen molar-refractivity contribution in [1.29, 1.82) is 0 Å². The minimum Gasteiger partial charge on any atom is -0.368 e. The Labute approximate surface area is 112 Å². The highest BCUT2D eigenvalue weighted by Gasteiger charge is 2.23. The number of aryl methyl sites for hydroxylation is 2. The predicted octanol–water partition coefficient (Wildman–Crippen LogP) is 0.0267. The Morgan fingerprint density at radius 3 is 2.53 bits per heavy atom. The highest BCUT2D eigenvalue weighted by Crippen LogP contribution is 2.21. The summed E-state index contributed by atoms with van der Waals surface area (Å²) in [7, 11) is 2.14. The Morgan fingerprint density at radius 1 is 1.21 bits per heavy atom. The number of nitrogens with two attached hydrogens (primary N) is 1. The zero-order chi connectivity index (χ0) is 13.6. The quantitative estimate of drug-likeness (QED) is 0.828. The molecule has 19 heavy (non-hydrogen) atoms. The number of likely N-dealkylation sites (N-methyl/N-ethyl adjacent to an activating group) is 1. The van der Waals surface area contributed by atoms with E-state index in [4.69, 9.17) is 5.73 Å². The summed E-state index contributed by atoms with van der Waals surface area (Å²) in [4.78, 5) is 6.80. The average molecular weight is 263 g/mol. The number of imidazole rings is 1. The summed E-state index contributed by atoms with van der Waals surface area (Å²) in [5.41, 5.74) is 8.98. The first kappa shape index (κ1) is 12.3. The van der Waals surface area contributed by atoms with E-state index in [1.807, 2.05) is 16.3 Å². The fourth-order valence-corrected chi connectivity index (χ4v) is 2.67. The van der Waals surface area contributed by atoms with Gasteiger partial charge in [0.15, 0.2) is 5.65 Å². The number of rotatable bonds is 2. The molecule has 3 heterocycles. The van der Waals surface area contributed by atoms with E-state index in [1.165, 1.54) is 0 Å². The number of fused-ring (bicyclic) bond motifs is 1. The lowest BCUT2D eigenvalue weighted by Gasteiger charge is -2.34. The summed E-state index contributed by atoms with van der Waals surface area (Å²) in [6.07, 6.45) is 0. The fourth-order valence-electron chi connectivity index (χ4n) is 2.67. The van der Waals surface area contributed by atoms with Crippen molar-refractivity contribution in [2.45, 2.75) is 20.4 Å². The molecule has 0 saturated carbocycles. The molecule has 0 radical (unpaired) electrons. The van der Waals surface area contributed by atoms with Gasteiger partial charge < -0.3 is 15.6 Å². The van der Waals surface area contributed by atoms with Gasteiger partial charge in [0.2, 0.25) is 5.95 Å². The van der Waals surface area contributed by atoms with Crippen LogP contribution in [0.4, 0.5) is 5.95 Å². The van der Waals surface area contributed by atoms with E-state index in [0.717, 1.165) is 49.6 Å². The van der Waals surface area contributed by atoms with Crippen molar-refractivity contribution >= 4 is 17.1 Å². The maximum absolute atomic E-state index is 6.11. The molecule has 0 atom stereocenters. The van der Waals surface area contributed by atoms with E-state index >= 15 is 0 Å². The zero-order valence-corrected chi connectivity index (χ0v) is 11.8. The molecule has 1 fully saturated rings. The van der Waals surface area contributed by atoms with Gasteiger partial charge in [0.1, 0.15) is 5.52 Å². The fraction of sp³-hybridized carbons (Fsp3) is 0.667. The molecule has 7 nitrogen and oxygen atoms in total. The number of anilines is 1. The molecule has 104 valence electrons. The molecule has 2 aromatic rings. The van der Waals surface area contributed by atoms with Crippen molar-refractivity contribution in [3.8, 4) is 0 Å². The van der Waals surface area contributed by atoms with Crippen LogP contribution in [0.2, 0.25) is 0 Å². The van der Waals surface area contributed by atoms with Gasteiger partial charge in [0.25, 0.3) is 0 Å². The molecule has 0 unspecified atom stereocenters. The molecule has 0 bridgehead atoms. The van der Waals surface area contributed by atoms with Gasteiger partial charge in [-0.25, -0.2) is 14.3 Å². The van der Waals surface area contributed by atoms with Crippen LogP contribution in [0.5, 0.6) is 0 Å². The normalized spacial score (nSPS) is 17.5. The molecule has 0 spiro atoms. The Morgan fingerprint density at radius 2 is 1.89 bits per heavy atom. The monoisotopic (exact) mass is 263 g/mol. The van der Waals surface area contributed by atoms with Crippen molar-refractivity contribution in [2.75, 3.05) is 44.0 Å². The standard InChI is InChI=1S/C12H21N7/c1-4-18-11-10(9(2)15-18)14-12(13)19(11)17-7-5-16(3)6-8-17/h4-8H2,1-3H3,(H2,13,14). The van der Waals surface area contributed by atoms with E-state index in [-0.39, 0.29) is 0 Å². The van der Waals surface area contributed by atoms with E-state index in [9.17, 15) is 0 Å². The van der Waals surface area contributed by atoms with Gasteiger partial charge in [-0.2, -0.15) is 5.10 Å². The summed E-state index contributed by atoms with van der Waals surface area (Å²) >= 11 is 0. The van der Waals surface area contributed by atoms with Gasteiger partial charge in [-0.1, -0.05) is 0 Å². The summed E-state index contributed by atoms with van der Waals surface area (Å²) in [5, 5.41) is 6.78. The van der Waals surface area contributed by atoms with Gasteiger partial charge in [-0.05, 0) is 20.9 Å². The molecule has 0 aliphatic carbocycles. The maximum atomic E-state index is 6.11. The van der Waals surface area contributed by atoms with E-state index < -0.39 is 0 Å². The first-order chi connectivity index (χ1) is 9.11. The first-order valence-electron chi connectivity index (χ1n) is 6.77. The van der Waals surface area contributed by atoms with E-state index in [2.05, 4.69) is 34.0 Å². The summed E-state index contributed by atoms with van der Waals surface area (Å²) in [6.45, 7) is 8.89. The molecule has 0 amide bonds. The highest BCUT2D eigenvalue weighted by atomic mass is 15.6. The smallest absolute Gasteiger partial charge is 0.222 e. The number of nitrogens with zero attached hydrogens (tertiary/aromatic N) is 6. The largest absolute Gasteiger partial charge is 0.368 e. The lowest BCUT2D eigenvalue weighted by Crippen LogP contribution is -2.50. The lowest BCUT2D eigenvalue weighted by atomic mass is 10.4. The Kier molecular flexibility index (Phi) is 2.85. The second kappa shape index (κ2) is 4.41. The number of aromatic nitrogens is 4. The van der Waals surface area contributed by atoms with Crippen molar-refractivity contribution in [3.63, 3.8) is 0 Å². The molecule has 7 heteroatoms. The van der Waals surface area contributed by atoms with Crippen molar-refractivity contribution in [3.05, 3.63) is 5.69 Å². The van der Waals surface area contributed by atoms with Crippen LogP contribution in [0.3, 0.4) is 0 Å². The number of hydrogen-bond donors (Lipinski definition) is 1. The molecule has 2 aromatic heterocycles. The minimum absolute atomic E-state index is 0.558. The van der Waals surface area contributed by atoms with Crippen molar-refractivity contribution in [2.24, 2.45) is 0 Å². The van der Waals surface area contributed by atoms with E-state index in [1.54, 1.807) is 0 Å². The Bertz CT molecular complexity index is 589. The molecule has 1 aliphatic heterocycles. The predicted molar refractivity (Wildman–Crippen MR) is 75.8 cm³/mol. The SMILES string of the molecule is CCn1nc(C)c2nc(N)n(N3CCN(C)CC3)c21. The molecule has 1 saturated heterocycles. The van der Waals surface area contributed by atoms with Gasteiger partial charge in [0, 0.05) is 32.7 Å². The molecule has 0 aromatic carbocycles. The maximum Gasteiger partial charge on any atom is 0.222 e. The number of hydrogen-bond acceptors (Lipinski definition) is 5. The van der Waals surface area contributed by atoms with Crippen LogP contribution in [0.15, 0.2) is 0 Å². The third-order valence-corrected chi connectivity index (χ3v) is 3.78. The van der Waals surface area contributed by atoms with Crippen LogP contribution in [0, 0.1) is 6.92 Å². The van der Waals surface area contributed by atoms with Gasteiger partial charge in [0.05, 0.1) is 5.69 Å². The van der Waals surface area contributed by atoms with Crippen LogP contribution in [-0.2, 0) is 6.54 Å². The van der Waals surface area contributed by atoms with Crippen LogP contribution < -0.4 is 10.7 Å². The first-order valence-corrected chi connectivity index (χ1v) is 6.77. The highest BCUT2D eigenvalue weighted by molar-refractivity contribution is 5.78. The second-order valence-corrected chi connectivity index (χ2v) is 5.11. The Balaban J connectivity index is 2.09. The molecule has 2 N–H and O–H groups in total. The minimum atomic E-state index is 0.558. The van der Waals surface area contributed by atoms with Gasteiger partial charge in [-0.3, -0.25) is 0 Å².